The summed E-state index contributed by atoms with van der Waals surface area (Å²) in [5.74, 6) is -0.309. The molecule has 0 aliphatic heterocycles. The SMILES string of the molecule is CC1CCC(OOc2ccc(C(=O)C(=O)OI)cc2)CC1. The van der Waals surface area contributed by atoms with E-state index < -0.39 is 11.8 Å². The third kappa shape index (κ3) is 4.67. The molecule has 5 nitrogen and oxygen atoms in total. The summed E-state index contributed by atoms with van der Waals surface area (Å²) < 4.78 is 4.36. The Morgan fingerprint density at radius 1 is 1.10 bits per heavy atom. The van der Waals surface area contributed by atoms with E-state index in [1.54, 1.807) is 12.1 Å². The van der Waals surface area contributed by atoms with Crippen molar-refractivity contribution in [3.8, 4) is 5.75 Å². The monoisotopic (exact) mass is 404 g/mol. The van der Waals surface area contributed by atoms with Crippen LogP contribution in [0.4, 0.5) is 0 Å². The summed E-state index contributed by atoms with van der Waals surface area (Å²) in [5, 5.41) is 0. The Labute approximate surface area is 137 Å². The standard InChI is InChI=1S/C15H17IO5/c1-10-2-6-12(7-3-10)20-21-13-8-4-11(5-9-13)14(17)15(18)19-16/h4-5,8-10,12H,2-3,6-7H2,1H3. The van der Waals surface area contributed by atoms with Crippen LogP contribution in [0.2, 0.25) is 0 Å². The Bertz CT molecular complexity index is 491. The molecule has 21 heavy (non-hydrogen) atoms. The van der Waals surface area contributed by atoms with Crippen molar-refractivity contribution < 1.29 is 22.4 Å². The number of hydrogen-bond acceptors (Lipinski definition) is 5. The Morgan fingerprint density at radius 3 is 2.29 bits per heavy atom. The maximum atomic E-state index is 11.6. The van der Waals surface area contributed by atoms with Crippen LogP contribution in [-0.4, -0.2) is 17.9 Å². The minimum Gasteiger partial charge on any atom is -0.389 e. The van der Waals surface area contributed by atoms with Crippen molar-refractivity contribution in [2.75, 3.05) is 0 Å². The molecule has 6 heteroatoms. The molecule has 0 aromatic heterocycles. The smallest absolute Gasteiger partial charge is 0.389 e. The number of rotatable bonds is 5. The number of Topliss-reactive ketones (excluding diaryl/α,β-unsaturated/α-hetero) is 1. The van der Waals surface area contributed by atoms with Crippen molar-refractivity contribution in [3.05, 3.63) is 29.8 Å². The Balaban J connectivity index is 1.85. The first-order valence-electron chi connectivity index (χ1n) is 6.90. The van der Waals surface area contributed by atoms with E-state index in [-0.39, 0.29) is 11.7 Å². The van der Waals surface area contributed by atoms with E-state index in [1.807, 2.05) is 0 Å². The van der Waals surface area contributed by atoms with Gasteiger partial charge in [-0.15, -0.1) is 0 Å². The van der Waals surface area contributed by atoms with Gasteiger partial charge in [0.1, 0.15) is 6.10 Å². The number of carbonyl (C=O) groups is 2. The van der Waals surface area contributed by atoms with Gasteiger partial charge >= 0.3 is 5.97 Å². The zero-order valence-corrected chi connectivity index (χ0v) is 13.9. The lowest BCUT2D eigenvalue weighted by Crippen LogP contribution is -2.21. The van der Waals surface area contributed by atoms with E-state index in [1.165, 1.54) is 35.1 Å². The molecule has 0 heterocycles. The predicted molar refractivity (Wildman–Crippen MR) is 84.0 cm³/mol. The minimum atomic E-state index is -0.892. The van der Waals surface area contributed by atoms with Crippen molar-refractivity contribution in [1.29, 1.82) is 0 Å². The summed E-state index contributed by atoms with van der Waals surface area (Å²) in [5.41, 5.74) is 0.260. The summed E-state index contributed by atoms with van der Waals surface area (Å²) in [6, 6.07) is 6.22. The molecule has 1 aromatic rings. The molecule has 0 unspecified atom stereocenters. The van der Waals surface area contributed by atoms with E-state index in [9.17, 15) is 9.59 Å². The number of ketones is 1. The van der Waals surface area contributed by atoms with Gasteiger partial charge in [0.2, 0.25) is 0 Å². The van der Waals surface area contributed by atoms with E-state index in [0.29, 0.717) is 5.75 Å². The van der Waals surface area contributed by atoms with Crippen LogP contribution >= 0.6 is 23.0 Å². The molecule has 1 aromatic carbocycles. The second kappa shape index (κ2) is 7.74. The van der Waals surface area contributed by atoms with Crippen molar-refractivity contribution in [2.45, 2.75) is 38.7 Å². The normalized spacial score (nSPS) is 21.6. The number of carbonyl (C=O) groups excluding carboxylic acids is 2. The van der Waals surface area contributed by atoms with Gasteiger partial charge in [0.15, 0.2) is 28.8 Å². The molecule has 0 saturated heterocycles. The van der Waals surface area contributed by atoms with Gasteiger partial charge in [-0.1, -0.05) is 6.92 Å². The fourth-order valence-corrected chi connectivity index (χ4v) is 2.46. The van der Waals surface area contributed by atoms with Crippen LogP contribution in [0, 0.1) is 5.92 Å². The molecule has 0 spiro atoms. The molecule has 2 rings (SSSR count). The Hall–Kier alpha value is -1.15. The highest BCUT2D eigenvalue weighted by Crippen LogP contribution is 2.26. The van der Waals surface area contributed by atoms with Crippen LogP contribution in [0.3, 0.4) is 0 Å². The molecule has 0 atom stereocenters. The predicted octanol–water partition coefficient (Wildman–Crippen LogP) is 3.65. The Kier molecular flexibility index (Phi) is 5.98. The highest BCUT2D eigenvalue weighted by Gasteiger charge is 2.20. The second-order valence-electron chi connectivity index (χ2n) is 5.28. The van der Waals surface area contributed by atoms with Gasteiger partial charge < -0.3 is 7.95 Å². The van der Waals surface area contributed by atoms with Crippen LogP contribution in [0.25, 0.3) is 0 Å². The number of benzene rings is 1. The minimum absolute atomic E-state index is 0.122. The maximum Gasteiger partial charge on any atom is 0.389 e. The molecular weight excluding hydrogens is 387 g/mol. The first kappa shape index (κ1) is 16.2. The van der Waals surface area contributed by atoms with Crippen LogP contribution in [0.1, 0.15) is 43.0 Å². The van der Waals surface area contributed by atoms with Crippen LogP contribution < -0.4 is 4.89 Å². The summed E-state index contributed by atoms with van der Waals surface area (Å²) in [6.45, 7) is 2.24. The first-order valence-corrected chi connectivity index (χ1v) is 7.79. The summed E-state index contributed by atoms with van der Waals surface area (Å²) in [7, 11) is 0. The molecule has 0 amide bonds. The lowest BCUT2D eigenvalue weighted by Gasteiger charge is -2.24. The van der Waals surface area contributed by atoms with Crippen molar-refractivity contribution in [3.63, 3.8) is 0 Å². The van der Waals surface area contributed by atoms with Gasteiger partial charge in [0.05, 0.1) is 0 Å². The molecule has 1 saturated carbocycles. The molecule has 0 N–H and O–H groups in total. The zero-order chi connectivity index (χ0) is 15.2. The molecule has 114 valence electrons. The van der Waals surface area contributed by atoms with E-state index >= 15 is 0 Å². The van der Waals surface area contributed by atoms with E-state index in [2.05, 4.69) is 9.99 Å². The fraction of sp³-hybridized carbons (Fsp3) is 0.467. The largest absolute Gasteiger partial charge is 0.389 e. The van der Waals surface area contributed by atoms with Gasteiger partial charge in [-0.25, -0.2) is 4.79 Å². The molecule has 1 aliphatic carbocycles. The van der Waals surface area contributed by atoms with Crippen LogP contribution in [0.15, 0.2) is 24.3 Å². The summed E-state index contributed by atoms with van der Waals surface area (Å²) in [6.07, 6.45) is 4.43. The van der Waals surface area contributed by atoms with Crippen LogP contribution in [0.5, 0.6) is 5.75 Å². The zero-order valence-electron chi connectivity index (χ0n) is 11.7. The molecule has 1 aliphatic rings. The Morgan fingerprint density at radius 2 is 1.71 bits per heavy atom. The molecule has 0 bridgehead atoms. The summed E-state index contributed by atoms with van der Waals surface area (Å²) >= 11 is 1.39. The van der Waals surface area contributed by atoms with Gasteiger partial charge in [0, 0.05) is 5.56 Å². The third-order valence-electron chi connectivity index (χ3n) is 3.62. The lowest BCUT2D eigenvalue weighted by molar-refractivity contribution is -0.252. The van der Waals surface area contributed by atoms with Crippen molar-refractivity contribution in [2.24, 2.45) is 5.92 Å². The third-order valence-corrected chi connectivity index (χ3v) is 4.02. The van der Waals surface area contributed by atoms with Crippen molar-refractivity contribution >= 4 is 34.8 Å². The van der Waals surface area contributed by atoms with E-state index in [0.717, 1.165) is 31.6 Å². The fourth-order valence-electron chi connectivity index (χ4n) is 2.26. The van der Waals surface area contributed by atoms with Gasteiger partial charge in [-0.2, -0.15) is 4.89 Å². The van der Waals surface area contributed by atoms with Crippen molar-refractivity contribution in [1.82, 2.24) is 0 Å². The van der Waals surface area contributed by atoms with E-state index in [4.69, 9.17) is 9.78 Å². The van der Waals surface area contributed by atoms with Gasteiger partial charge in [0.25, 0.3) is 5.78 Å². The van der Waals surface area contributed by atoms with Gasteiger partial charge in [-0.3, -0.25) is 4.79 Å². The molecule has 1 fully saturated rings. The summed E-state index contributed by atoms with van der Waals surface area (Å²) in [4.78, 5) is 33.4. The van der Waals surface area contributed by atoms with Gasteiger partial charge in [-0.05, 0) is 55.9 Å². The second-order valence-corrected chi connectivity index (χ2v) is 5.72. The average molecular weight is 404 g/mol. The maximum absolute atomic E-state index is 11.6. The molecular formula is C15H17IO5. The lowest BCUT2D eigenvalue weighted by atomic mass is 9.89. The number of halogens is 1. The highest BCUT2D eigenvalue weighted by atomic mass is 127. The topological polar surface area (TPSA) is 61.8 Å². The number of hydrogen-bond donors (Lipinski definition) is 0. The quantitative estimate of drug-likeness (QED) is 0.247. The van der Waals surface area contributed by atoms with Crippen LogP contribution in [-0.2, 0) is 12.7 Å². The average Bonchev–Trinajstić information content (AvgIpc) is 2.53. The first-order chi connectivity index (χ1) is 10.1. The highest BCUT2D eigenvalue weighted by molar-refractivity contribution is 14.1. The molecule has 0 radical (unpaired) electrons.